The lowest BCUT2D eigenvalue weighted by atomic mass is 9.89. The fourth-order valence-corrected chi connectivity index (χ4v) is 0.709. The molecule has 0 aromatic heterocycles. The maximum absolute atomic E-state index is 10.6. The number of hydrogen-bond acceptors (Lipinski definition) is 3. The second-order valence-electron chi connectivity index (χ2n) is 2.40. The number of hydrogen-bond donors (Lipinski definition) is 3. The summed E-state index contributed by atoms with van der Waals surface area (Å²) in [6.07, 6.45) is 0. The second-order valence-corrected chi connectivity index (χ2v) is 2.40. The Morgan fingerprint density at radius 1 is 2.00 bits per heavy atom. The molecule has 1 amide bonds. The van der Waals surface area contributed by atoms with Crippen LogP contribution in [0.4, 0.5) is 0 Å². The number of β-amino-alcohol motifs (C(OH)–C–C–N with tert-alkyl or cyclic N) is 1. The highest BCUT2D eigenvalue weighted by molar-refractivity contribution is 5.91. The number of aliphatic hydroxyl groups is 1. The molecule has 0 aromatic carbocycles. The molecule has 4 nitrogen and oxygen atoms in total. The standard InChI is InChI=1S/C5H10N2O2/c1-3(6)5(9)2-7-4(5)8/h3,9H,2,6H2,1H3,(H,7,8)/t3-,5-/m1/s1. The highest BCUT2D eigenvalue weighted by Crippen LogP contribution is 2.14. The molecule has 1 saturated heterocycles. The first kappa shape index (κ1) is 6.51. The number of nitrogens with two attached hydrogens (primary N) is 1. The molecule has 0 bridgehead atoms. The number of nitrogens with one attached hydrogen (secondary N) is 1. The summed E-state index contributed by atoms with van der Waals surface area (Å²) < 4.78 is 0. The minimum absolute atomic E-state index is 0.281. The van der Waals surface area contributed by atoms with Gasteiger partial charge in [0, 0.05) is 6.04 Å². The fraction of sp³-hybridized carbons (Fsp3) is 0.800. The van der Waals surface area contributed by atoms with Gasteiger partial charge in [0.25, 0.3) is 5.91 Å². The van der Waals surface area contributed by atoms with Gasteiger partial charge in [-0.25, -0.2) is 0 Å². The van der Waals surface area contributed by atoms with Crippen molar-refractivity contribution >= 4 is 5.91 Å². The van der Waals surface area contributed by atoms with E-state index in [9.17, 15) is 9.90 Å². The molecule has 0 saturated carbocycles. The Hall–Kier alpha value is -0.610. The third-order valence-corrected chi connectivity index (χ3v) is 1.66. The number of β-lactam (4-membered cyclic amide) rings is 1. The molecule has 52 valence electrons. The average Bonchev–Trinajstić information content (AvgIpc) is 1.82. The van der Waals surface area contributed by atoms with Gasteiger partial charge in [0.05, 0.1) is 6.54 Å². The van der Waals surface area contributed by atoms with Crippen molar-refractivity contribution in [1.82, 2.24) is 5.32 Å². The molecule has 0 spiro atoms. The van der Waals surface area contributed by atoms with Gasteiger partial charge in [-0.3, -0.25) is 4.79 Å². The zero-order valence-electron chi connectivity index (χ0n) is 5.22. The lowest BCUT2D eigenvalue weighted by Gasteiger charge is -2.38. The summed E-state index contributed by atoms with van der Waals surface area (Å²) in [5.41, 5.74) is 4.02. The van der Waals surface area contributed by atoms with Crippen LogP contribution in [-0.2, 0) is 4.79 Å². The van der Waals surface area contributed by atoms with E-state index in [0.29, 0.717) is 0 Å². The summed E-state index contributed by atoms with van der Waals surface area (Å²) >= 11 is 0. The lowest BCUT2D eigenvalue weighted by molar-refractivity contribution is -0.154. The molecular formula is C5H10N2O2. The van der Waals surface area contributed by atoms with Crippen LogP contribution in [0.5, 0.6) is 0 Å². The summed E-state index contributed by atoms with van der Waals surface area (Å²) in [6.45, 7) is 1.89. The summed E-state index contributed by atoms with van der Waals surface area (Å²) in [5.74, 6) is -0.363. The van der Waals surface area contributed by atoms with Crippen LogP contribution in [0.25, 0.3) is 0 Å². The molecule has 4 N–H and O–H groups in total. The summed E-state index contributed by atoms with van der Waals surface area (Å²) in [4.78, 5) is 10.6. The van der Waals surface area contributed by atoms with Crippen LogP contribution in [0, 0.1) is 0 Å². The lowest BCUT2D eigenvalue weighted by Crippen LogP contribution is -2.71. The normalized spacial score (nSPS) is 37.0. The third kappa shape index (κ3) is 0.710. The summed E-state index contributed by atoms with van der Waals surface area (Å²) in [6, 6.07) is -0.480. The molecule has 1 rings (SSSR count). The van der Waals surface area contributed by atoms with Gasteiger partial charge in [0.1, 0.15) is 0 Å². The van der Waals surface area contributed by atoms with E-state index in [0.717, 1.165) is 0 Å². The van der Waals surface area contributed by atoms with Crippen molar-refractivity contribution in [3.63, 3.8) is 0 Å². The van der Waals surface area contributed by atoms with Crippen LogP contribution in [-0.4, -0.2) is 29.2 Å². The van der Waals surface area contributed by atoms with Gasteiger partial charge in [0.2, 0.25) is 0 Å². The quantitative estimate of drug-likeness (QED) is 0.366. The predicted molar refractivity (Wildman–Crippen MR) is 31.6 cm³/mol. The van der Waals surface area contributed by atoms with Crippen LogP contribution in [0.1, 0.15) is 6.92 Å². The first-order valence-corrected chi connectivity index (χ1v) is 2.83. The highest BCUT2D eigenvalue weighted by Gasteiger charge is 2.47. The van der Waals surface area contributed by atoms with Crippen LogP contribution in [0.2, 0.25) is 0 Å². The van der Waals surface area contributed by atoms with Gasteiger partial charge in [-0.1, -0.05) is 0 Å². The van der Waals surface area contributed by atoms with Crippen molar-refractivity contribution in [2.45, 2.75) is 18.6 Å². The zero-order valence-corrected chi connectivity index (χ0v) is 5.22. The van der Waals surface area contributed by atoms with Gasteiger partial charge in [-0.2, -0.15) is 0 Å². The largest absolute Gasteiger partial charge is 0.377 e. The van der Waals surface area contributed by atoms with Crippen molar-refractivity contribution in [1.29, 1.82) is 0 Å². The molecule has 1 aliphatic rings. The van der Waals surface area contributed by atoms with Crippen molar-refractivity contribution in [2.24, 2.45) is 5.73 Å². The van der Waals surface area contributed by atoms with E-state index in [2.05, 4.69) is 5.32 Å². The Kier molecular flexibility index (Phi) is 1.22. The molecule has 0 radical (unpaired) electrons. The van der Waals surface area contributed by atoms with E-state index >= 15 is 0 Å². The first-order chi connectivity index (χ1) is 4.07. The van der Waals surface area contributed by atoms with Gasteiger partial charge in [0.15, 0.2) is 5.60 Å². The predicted octanol–water partition coefficient (Wildman–Crippen LogP) is -1.81. The molecule has 4 heteroatoms. The first-order valence-electron chi connectivity index (χ1n) is 2.83. The third-order valence-electron chi connectivity index (χ3n) is 1.66. The van der Waals surface area contributed by atoms with Crippen LogP contribution in [0.15, 0.2) is 0 Å². The van der Waals surface area contributed by atoms with E-state index in [4.69, 9.17) is 5.73 Å². The van der Waals surface area contributed by atoms with Crippen molar-refractivity contribution in [3.05, 3.63) is 0 Å². The van der Waals surface area contributed by atoms with Gasteiger partial charge in [-0.05, 0) is 6.92 Å². The minimum Gasteiger partial charge on any atom is -0.377 e. The van der Waals surface area contributed by atoms with Gasteiger partial charge < -0.3 is 16.2 Å². The molecular weight excluding hydrogens is 120 g/mol. The monoisotopic (exact) mass is 130 g/mol. The van der Waals surface area contributed by atoms with E-state index in [-0.39, 0.29) is 12.5 Å². The van der Waals surface area contributed by atoms with E-state index < -0.39 is 11.6 Å². The summed E-state index contributed by atoms with van der Waals surface area (Å²) in [7, 11) is 0. The topological polar surface area (TPSA) is 75.3 Å². The maximum atomic E-state index is 10.6. The number of rotatable bonds is 1. The highest BCUT2D eigenvalue weighted by atomic mass is 16.3. The molecule has 1 aliphatic heterocycles. The smallest absolute Gasteiger partial charge is 0.255 e. The van der Waals surface area contributed by atoms with Crippen LogP contribution in [0.3, 0.4) is 0 Å². The second kappa shape index (κ2) is 1.68. The Morgan fingerprint density at radius 3 is 2.56 bits per heavy atom. The Labute approximate surface area is 53.0 Å². The van der Waals surface area contributed by atoms with Crippen molar-refractivity contribution in [2.75, 3.05) is 6.54 Å². The van der Waals surface area contributed by atoms with E-state index in [1.807, 2.05) is 0 Å². The molecule has 2 atom stereocenters. The molecule has 0 aliphatic carbocycles. The zero-order chi connectivity index (χ0) is 7.07. The molecule has 0 aromatic rings. The van der Waals surface area contributed by atoms with Crippen LogP contribution >= 0.6 is 0 Å². The van der Waals surface area contributed by atoms with Crippen molar-refractivity contribution in [3.8, 4) is 0 Å². The maximum Gasteiger partial charge on any atom is 0.255 e. The Bertz CT molecular complexity index is 146. The Balaban J connectivity index is 2.64. The Morgan fingerprint density at radius 2 is 2.56 bits per heavy atom. The van der Waals surface area contributed by atoms with E-state index in [1.165, 1.54) is 0 Å². The molecule has 0 unspecified atom stereocenters. The van der Waals surface area contributed by atoms with Crippen molar-refractivity contribution < 1.29 is 9.90 Å². The number of carbonyl (C=O) groups is 1. The minimum atomic E-state index is -1.29. The average molecular weight is 130 g/mol. The SMILES string of the molecule is C[C@@H](N)[C@]1(O)CNC1=O. The van der Waals surface area contributed by atoms with E-state index in [1.54, 1.807) is 6.92 Å². The van der Waals surface area contributed by atoms with Gasteiger partial charge >= 0.3 is 0 Å². The summed E-state index contributed by atoms with van der Waals surface area (Å²) in [5, 5.41) is 11.6. The molecule has 9 heavy (non-hydrogen) atoms. The van der Waals surface area contributed by atoms with Gasteiger partial charge in [-0.15, -0.1) is 0 Å². The number of amides is 1. The fourth-order valence-electron chi connectivity index (χ4n) is 0.709. The molecule has 1 heterocycles. The number of carbonyl (C=O) groups excluding carboxylic acids is 1. The van der Waals surface area contributed by atoms with Crippen LogP contribution < -0.4 is 11.1 Å². The molecule has 1 fully saturated rings.